The number of nitrogens with one attached hydrogen (secondary N) is 2. The Morgan fingerprint density at radius 3 is 2.96 bits per heavy atom. The average molecular weight is 344 g/mol. The van der Waals surface area contributed by atoms with Crippen LogP contribution in [0.3, 0.4) is 0 Å². The molecule has 7 nitrogen and oxygen atoms in total. The summed E-state index contributed by atoms with van der Waals surface area (Å²) in [5, 5.41) is 9.73. The fraction of sp³-hybridized carbons (Fsp3) is 0.611. The third-order valence-electron chi connectivity index (χ3n) is 4.76. The highest BCUT2D eigenvalue weighted by Gasteiger charge is 2.28. The first-order valence-electron chi connectivity index (χ1n) is 8.98. The lowest BCUT2D eigenvalue weighted by atomic mass is 9.94. The molecule has 2 amide bonds. The molecular formula is C18H28N6O. The van der Waals surface area contributed by atoms with Crippen molar-refractivity contribution < 1.29 is 4.79 Å². The van der Waals surface area contributed by atoms with Crippen molar-refractivity contribution in [1.29, 1.82) is 0 Å². The molecule has 1 aliphatic rings. The summed E-state index contributed by atoms with van der Waals surface area (Å²) < 4.78 is 2.23. The van der Waals surface area contributed by atoms with Crippen molar-refractivity contribution in [3.8, 4) is 0 Å². The van der Waals surface area contributed by atoms with Crippen LogP contribution in [0.4, 0.5) is 4.79 Å². The molecule has 7 heteroatoms. The highest BCUT2D eigenvalue weighted by atomic mass is 16.2. The van der Waals surface area contributed by atoms with Gasteiger partial charge in [0.2, 0.25) is 0 Å². The van der Waals surface area contributed by atoms with E-state index in [1.54, 1.807) is 6.20 Å². The number of H-pyrrole nitrogens is 1. The maximum atomic E-state index is 12.5. The normalized spacial score (nSPS) is 18.4. The third-order valence-corrected chi connectivity index (χ3v) is 4.76. The largest absolute Gasteiger partial charge is 0.338 e. The number of carbonyl (C=O) groups excluding carboxylic acids is 1. The number of likely N-dealkylation sites (tertiary alicyclic amines) is 1. The topological polar surface area (TPSA) is 78.8 Å². The predicted molar refractivity (Wildman–Crippen MR) is 96.5 cm³/mol. The first-order chi connectivity index (χ1) is 11.9. The molecule has 3 heterocycles. The molecule has 0 aliphatic carbocycles. The van der Waals surface area contributed by atoms with Crippen LogP contribution in [-0.4, -0.2) is 50.3 Å². The Morgan fingerprint density at radius 2 is 2.24 bits per heavy atom. The highest BCUT2D eigenvalue weighted by Crippen LogP contribution is 2.29. The van der Waals surface area contributed by atoms with Crippen molar-refractivity contribution in [2.75, 3.05) is 19.6 Å². The van der Waals surface area contributed by atoms with E-state index in [0.29, 0.717) is 12.5 Å². The van der Waals surface area contributed by atoms with E-state index in [1.165, 1.54) is 5.69 Å². The average Bonchev–Trinajstić information content (AvgIpc) is 3.26. The van der Waals surface area contributed by atoms with Crippen LogP contribution >= 0.6 is 0 Å². The molecule has 0 unspecified atom stereocenters. The molecule has 0 spiro atoms. The van der Waals surface area contributed by atoms with Crippen molar-refractivity contribution in [2.24, 2.45) is 0 Å². The van der Waals surface area contributed by atoms with Gasteiger partial charge in [-0.1, -0.05) is 0 Å². The Balaban J connectivity index is 1.57. The number of amides is 2. The standard InChI is InChI=1S/C18H28N6O/c1-18(2,3)24-13-19-11-16(24)15-5-4-8-23(12-15)17(25)20-7-6-14-9-21-22-10-14/h9-11,13,15H,4-8,12H2,1-3H3,(H,20,25)(H,21,22)/t15-/m0/s1. The van der Waals surface area contributed by atoms with Gasteiger partial charge in [0.15, 0.2) is 0 Å². The van der Waals surface area contributed by atoms with Crippen molar-refractivity contribution in [1.82, 2.24) is 30.0 Å². The molecule has 2 N–H and O–H groups in total. The minimum Gasteiger partial charge on any atom is -0.338 e. The van der Waals surface area contributed by atoms with Gasteiger partial charge in [-0.25, -0.2) is 9.78 Å². The number of carbonyl (C=O) groups is 1. The van der Waals surface area contributed by atoms with Crippen molar-refractivity contribution >= 4 is 6.03 Å². The van der Waals surface area contributed by atoms with E-state index in [-0.39, 0.29) is 11.6 Å². The molecule has 1 aliphatic heterocycles. The van der Waals surface area contributed by atoms with Gasteiger partial charge in [-0.15, -0.1) is 0 Å². The van der Waals surface area contributed by atoms with E-state index in [4.69, 9.17) is 0 Å². The predicted octanol–water partition coefficient (Wildman–Crippen LogP) is 2.49. The minimum atomic E-state index is 0.000956. The van der Waals surface area contributed by atoms with Gasteiger partial charge in [0.1, 0.15) is 0 Å². The number of aromatic nitrogens is 4. The molecular weight excluding hydrogens is 316 g/mol. The van der Waals surface area contributed by atoms with Gasteiger partial charge in [0.25, 0.3) is 0 Å². The Hall–Kier alpha value is -2.31. The number of imidazole rings is 1. The number of aromatic amines is 1. The van der Waals surface area contributed by atoms with Gasteiger partial charge in [-0.2, -0.15) is 5.10 Å². The molecule has 2 aromatic rings. The number of rotatable bonds is 4. The molecule has 3 rings (SSSR count). The van der Waals surface area contributed by atoms with Crippen molar-refractivity contribution in [3.05, 3.63) is 36.2 Å². The molecule has 0 aromatic carbocycles. The van der Waals surface area contributed by atoms with Gasteiger partial charge in [0, 0.05) is 49.2 Å². The van der Waals surface area contributed by atoms with E-state index >= 15 is 0 Å². The second kappa shape index (κ2) is 7.29. The maximum absolute atomic E-state index is 12.5. The lowest BCUT2D eigenvalue weighted by Gasteiger charge is -2.35. The lowest BCUT2D eigenvalue weighted by Crippen LogP contribution is -2.46. The van der Waals surface area contributed by atoms with Gasteiger partial charge < -0.3 is 14.8 Å². The molecule has 1 saturated heterocycles. The fourth-order valence-corrected chi connectivity index (χ4v) is 3.41. The summed E-state index contributed by atoms with van der Waals surface area (Å²) in [5.74, 6) is 0.343. The van der Waals surface area contributed by atoms with Gasteiger partial charge in [-0.05, 0) is 45.6 Å². The summed E-state index contributed by atoms with van der Waals surface area (Å²) >= 11 is 0. The molecule has 0 radical (unpaired) electrons. The molecule has 25 heavy (non-hydrogen) atoms. The second-order valence-corrected chi connectivity index (χ2v) is 7.73. The summed E-state index contributed by atoms with van der Waals surface area (Å²) in [7, 11) is 0. The quantitative estimate of drug-likeness (QED) is 0.894. The maximum Gasteiger partial charge on any atom is 0.317 e. The fourth-order valence-electron chi connectivity index (χ4n) is 3.41. The van der Waals surface area contributed by atoms with Crippen LogP contribution in [0, 0.1) is 0 Å². The summed E-state index contributed by atoms with van der Waals surface area (Å²) in [6.07, 6.45) is 10.4. The number of nitrogens with zero attached hydrogens (tertiary/aromatic N) is 4. The number of piperidine rings is 1. The zero-order valence-electron chi connectivity index (χ0n) is 15.3. The summed E-state index contributed by atoms with van der Waals surface area (Å²) in [6, 6.07) is 0.0232. The Morgan fingerprint density at radius 1 is 1.40 bits per heavy atom. The summed E-state index contributed by atoms with van der Waals surface area (Å²) in [4.78, 5) is 18.8. The molecule has 0 saturated carbocycles. The zero-order valence-corrected chi connectivity index (χ0v) is 15.3. The van der Waals surface area contributed by atoms with Crippen LogP contribution in [-0.2, 0) is 12.0 Å². The van der Waals surface area contributed by atoms with Crippen LogP contribution in [0.25, 0.3) is 0 Å². The first kappa shape index (κ1) is 17.5. The summed E-state index contributed by atoms with van der Waals surface area (Å²) in [6.45, 7) is 8.74. The van der Waals surface area contributed by atoms with E-state index in [2.05, 4.69) is 45.8 Å². The van der Waals surface area contributed by atoms with Crippen molar-refractivity contribution in [2.45, 2.75) is 51.5 Å². The molecule has 136 valence electrons. The number of urea groups is 1. The highest BCUT2D eigenvalue weighted by molar-refractivity contribution is 5.74. The molecule has 0 bridgehead atoms. The molecule has 1 atom stereocenters. The van der Waals surface area contributed by atoms with Crippen LogP contribution < -0.4 is 5.32 Å². The van der Waals surface area contributed by atoms with Gasteiger partial charge in [0.05, 0.1) is 12.5 Å². The monoisotopic (exact) mass is 344 g/mol. The Kier molecular flexibility index (Phi) is 5.11. The molecule has 2 aromatic heterocycles. The second-order valence-electron chi connectivity index (χ2n) is 7.73. The van der Waals surface area contributed by atoms with Crippen LogP contribution in [0.15, 0.2) is 24.9 Å². The van der Waals surface area contributed by atoms with Gasteiger partial charge in [-0.3, -0.25) is 5.10 Å². The van der Waals surface area contributed by atoms with Crippen molar-refractivity contribution in [3.63, 3.8) is 0 Å². The smallest absolute Gasteiger partial charge is 0.317 e. The molecule has 1 fully saturated rings. The Labute approximate surface area is 148 Å². The van der Waals surface area contributed by atoms with E-state index in [0.717, 1.165) is 37.9 Å². The van der Waals surface area contributed by atoms with Gasteiger partial charge >= 0.3 is 6.03 Å². The SMILES string of the molecule is CC(C)(C)n1cncc1[C@H]1CCCN(C(=O)NCCc2cn[nH]c2)C1. The summed E-state index contributed by atoms with van der Waals surface area (Å²) in [5.41, 5.74) is 2.33. The van der Waals surface area contributed by atoms with Crippen LogP contribution in [0.5, 0.6) is 0 Å². The van der Waals surface area contributed by atoms with E-state index < -0.39 is 0 Å². The minimum absolute atomic E-state index is 0.000956. The van der Waals surface area contributed by atoms with Crippen LogP contribution in [0.2, 0.25) is 0 Å². The van der Waals surface area contributed by atoms with Crippen LogP contribution in [0.1, 0.15) is 50.8 Å². The zero-order chi connectivity index (χ0) is 17.9. The number of hydrogen-bond acceptors (Lipinski definition) is 3. The van der Waals surface area contributed by atoms with E-state index in [1.807, 2.05) is 23.6 Å². The first-order valence-corrected chi connectivity index (χ1v) is 8.98. The third kappa shape index (κ3) is 4.21. The van der Waals surface area contributed by atoms with E-state index in [9.17, 15) is 4.79 Å². The Bertz CT molecular complexity index is 685. The number of hydrogen-bond donors (Lipinski definition) is 2. The lowest BCUT2D eigenvalue weighted by molar-refractivity contribution is 0.177.